The summed E-state index contributed by atoms with van der Waals surface area (Å²) in [5, 5.41) is 4.34. The summed E-state index contributed by atoms with van der Waals surface area (Å²) in [6.45, 7) is 6.81. The van der Waals surface area contributed by atoms with E-state index in [1.807, 2.05) is 10.9 Å². The number of nitrogens with zero attached hydrogens (tertiary/aromatic N) is 4. The van der Waals surface area contributed by atoms with Crippen LogP contribution in [0.2, 0.25) is 0 Å². The summed E-state index contributed by atoms with van der Waals surface area (Å²) in [6, 6.07) is 0.341. The first-order valence-electron chi connectivity index (χ1n) is 8.74. The van der Waals surface area contributed by atoms with Crippen molar-refractivity contribution in [3.8, 4) is 0 Å². The average Bonchev–Trinajstić information content (AvgIpc) is 3.09. The van der Waals surface area contributed by atoms with E-state index in [1.165, 1.54) is 18.4 Å². The summed E-state index contributed by atoms with van der Waals surface area (Å²) in [5.74, 6) is 1.48. The van der Waals surface area contributed by atoms with Crippen LogP contribution in [-0.4, -0.2) is 71.2 Å². The van der Waals surface area contributed by atoms with Gasteiger partial charge in [0.05, 0.1) is 17.7 Å². The number of fused-ring (bicyclic) bond motifs is 1. The highest BCUT2D eigenvalue weighted by atomic mass is 32.2. The fourth-order valence-corrected chi connectivity index (χ4v) is 6.09. The second kappa shape index (κ2) is 5.86. The van der Waals surface area contributed by atoms with Gasteiger partial charge in [-0.3, -0.25) is 14.5 Å². The van der Waals surface area contributed by atoms with E-state index in [2.05, 4.69) is 28.0 Å². The molecule has 4 rings (SSSR count). The lowest BCUT2D eigenvalue weighted by molar-refractivity contribution is 0.0376. The maximum Gasteiger partial charge on any atom is 0.153 e. The summed E-state index contributed by atoms with van der Waals surface area (Å²) in [6.07, 6.45) is 6.63. The Morgan fingerprint density at radius 1 is 1.17 bits per heavy atom. The van der Waals surface area contributed by atoms with Crippen molar-refractivity contribution >= 4 is 9.84 Å². The molecule has 2 saturated heterocycles. The number of piperazine rings is 1. The molecule has 1 aromatic heterocycles. The summed E-state index contributed by atoms with van der Waals surface area (Å²) < 4.78 is 26.4. The predicted octanol–water partition coefficient (Wildman–Crippen LogP) is 0.596. The van der Waals surface area contributed by atoms with Crippen LogP contribution in [0.25, 0.3) is 0 Å². The van der Waals surface area contributed by atoms with Gasteiger partial charge in [0, 0.05) is 56.6 Å². The Kier molecular flexibility index (Phi) is 3.98. The van der Waals surface area contributed by atoms with Gasteiger partial charge in [-0.15, -0.1) is 0 Å². The third-order valence-corrected chi connectivity index (χ3v) is 7.19. The molecule has 0 radical (unpaired) electrons. The van der Waals surface area contributed by atoms with Crippen molar-refractivity contribution in [2.75, 3.05) is 31.1 Å². The van der Waals surface area contributed by atoms with Crippen LogP contribution in [-0.2, 0) is 22.9 Å². The van der Waals surface area contributed by atoms with Gasteiger partial charge in [-0.1, -0.05) is 0 Å². The highest BCUT2D eigenvalue weighted by Crippen LogP contribution is 2.34. The van der Waals surface area contributed by atoms with E-state index in [-0.39, 0.29) is 12.1 Å². The monoisotopic (exact) mass is 338 g/mol. The highest BCUT2D eigenvalue weighted by molar-refractivity contribution is 7.91. The molecule has 1 saturated carbocycles. The summed E-state index contributed by atoms with van der Waals surface area (Å²) in [4.78, 5) is 4.83. The minimum atomic E-state index is -2.91. The van der Waals surface area contributed by atoms with Crippen molar-refractivity contribution in [3.63, 3.8) is 0 Å². The molecule has 0 bridgehead atoms. The number of hydrogen-bond acceptors (Lipinski definition) is 5. The van der Waals surface area contributed by atoms with Gasteiger partial charge in [-0.2, -0.15) is 5.10 Å². The normalized spacial score (nSPS) is 31.3. The average molecular weight is 338 g/mol. The minimum Gasteiger partial charge on any atom is -0.296 e. The highest BCUT2D eigenvalue weighted by Gasteiger charge is 2.47. The van der Waals surface area contributed by atoms with Gasteiger partial charge in [0.2, 0.25) is 0 Å². The summed E-state index contributed by atoms with van der Waals surface area (Å²) in [7, 11) is -2.91. The molecule has 1 aromatic rings. The van der Waals surface area contributed by atoms with Crippen molar-refractivity contribution < 1.29 is 8.42 Å². The van der Waals surface area contributed by atoms with Crippen molar-refractivity contribution in [2.45, 2.75) is 44.9 Å². The van der Waals surface area contributed by atoms with Gasteiger partial charge in [0.15, 0.2) is 9.84 Å². The molecule has 3 fully saturated rings. The van der Waals surface area contributed by atoms with E-state index in [4.69, 9.17) is 0 Å². The van der Waals surface area contributed by atoms with Gasteiger partial charge in [-0.25, -0.2) is 8.42 Å². The molecule has 0 aromatic carbocycles. The van der Waals surface area contributed by atoms with E-state index >= 15 is 0 Å². The lowest BCUT2D eigenvalue weighted by Gasteiger charge is -2.44. The summed E-state index contributed by atoms with van der Waals surface area (Å²) in [5.41, 5.74) is 1.19. The first-order chi connectivity index (χ1) is 11.0. The van der Waals surface area contributed by atoms with Crippen molar-refractivity contribution in [1.82, 2.24) is 19.6 Å². The van der Waals surface area contributed by atoms with Gasteiger partial charge in [-0.05, 0) is 25.7 Å². The van der Waals surface area contributed by atoms with Gasteiger partial charge in [0.1, 0.15) is 0 Å². The molecule has 2 aliphatic heterocycles. The van der Waals surface area contributed by atoms with Crippen molar-refractivity contribution in [3.05, 3.63) is 18.0 Å². The standard InChI is InChI=1S/C16H26N4O2S/c1-2-20-10-14(7-17-20)9-19-6-5-18(8-13-3-4-13)15-11-23(21,22)12-16(15)19/h7,10,13,15-16H,2-6,8-9,11-12H2,1H3/t15-,16+/m1/s1. The van der Waals surface area contributed by atoms with Crippen LogP contribution in [0.1, 0.15) is 25.3 Å². The maximum absolute atomic E-state index is 12.2. The molecule has 128 valence electrons. The summed E-state index contributed by atoms with van der Waals surface area (Å²) >= 11 is 0. The number of hydrogen-bond donors (Lipinski definition) is 0. The largest absolute Gasteiger partial charge is 0.296 e. The molecule has 23 heavy (non-hydrogen) atoms. The predicted molar refractivity (Wildman–Crippen MR) is 88.8 cm³/mol. The molecule has 6 nitrogen and oxygen atoms in total. The van der Waals surface area contributed by atoms with Crippen molar-refractivity contribution in [1.29, 1.82) is 0 Å². The molecule has 2 atom stereocenters. The Bertz CT molecular complexity index is 667. The van der Waals surface area contributed by atoms with E-state index in [0.29, 0.717) is 11.5 Å². The third-order valence-electron chi connectivity index (χ3n) is 5.49. The first-order valence-corrected chi connectivity index (χ1v) is 10.6. The number of aromatic nitrogens is 2. The molecule has 0 spiro atoms. The van der Waals surface area contributed by atoms with Gasteiger partial charge >= 0.3 is 0 Å². The second-order valence-corrected chi connectivity index (χ2v) is 9.48. The van der Waals surface area contributed by atoms with Crippen LogP contribution in [0.15, 0.2) is 12.4 Å². The van der Waals surface area contributed by atoms with Crippen molar-refractivity contribution in [2.24, 2.45) is 5.92 Å². The molecular formula is C16H26N4O2S. The topological polar surface area (TPSA) is 58.4 Å². The van der Waals surface area contributed by atoms with Gasteiger partial charge < -0.3 is 0 Å². The lowest BCUT2D eigenvalue weighted by Crippen LogP contribution is -2.59. The number of sulfone groups is 1. The molecule has 3 aliphatic rings. The molecule has 3 heterocycles. The van der Waals surface area contributed by atoms with E-state index in [9.17, 15) is 8.42 Å². The minimum absolute atomic E-state index is 0.150. The fraction of sp³-hybridized carbons (Fsp3) is 0.812. The Morgan fingerprint density at radius 2 is 1.87 bits per heavy atom. The molecule has 0 N–H and O–H groups in total. The van der Waals surface area contributed by atoms with E-state index in [1.54, 1.807) is 0 Å². The Balaban J connectivity index is 1.50. The number of aryl methyl sites for hydroxylation is 1. The van der Waals surface area contributed by atoms with Crippen LogP contribution in [0.4, 0.5) is 0 Å². The van der Waals surface area contributed by atoms with E-state index < -0.39 is 9.84 Å². The van der Waals surface area contributed by atoms with Crippen LogP contribution in [0.5, 0.6) is 0 Å². The van der Waals surface area contributed by atoms with Crippen LogP contribution >= 0.6 is 0 Å². The molecule has 7 heteroatoms. The molecule has 0 amide bonds. The van der Waals surface area contributed by atoms with Crippen LogP contribution in [0.3, 0.4) is 0 Å². The fourth-order valence-electron chi connectivity index (χ4n) is 4.05. The Hall–Kier alpha value is -0.920. The Morgan fingerprint density at radius 3 is 2.52 bits per heavy atom. The van der Waals surface area contributed by atoms with Gasteiger partial charge in [0.25, 0.3) is 0 Å². The molecular weight excluding hydrogens is 312 g/mol. The second-order valence-electron chi connectivity index (χ2n) is 7.32. The first kappa shape index (κ1) is 15.6. The lowest BCUT2D eigenvalue weighted by atomic mass is 10.0. The SMILES string of the molecule is CCn1cc(CN2CCN(CC3CC3)[C@@H]3CS(=O)(=O)C[C@@H]32)cn1. The quantitative estimate of drug-likeness (QED) is 0.787. The van der Waals surface area contributed by atoms with Crippen LogP contribution < -0.4 is 0 Å². The van der Waals surface area contributed by atoms with E-state index in [0.717, 1.165) is 38.6 Å². The zero-order valence-electron chi connectivity index (χ0n) is 13.8. The zero-order valence-corrected chi connectivity index (χ0v) is 14.6. The Labute approximate surface area is 138 Å². The zero-order chi connectivity index (χ0) is 16.0. The molecule has 0 unspecified atom stereocenters. The van der Waals surface area contributed by atoms with Crippen LogP contribution in [0, 0.1) is 5.92 Å². The molecule has 1 aliphatic carbocycles. The third kappa shape index (κ3) is 3.32. The maximum atomic E-state index is 12.2. The number of rotatable bonds is 5. The smallest absolute Gasteiger partial charge is 0.153 e.